The van der Waals surface area contributed by atoms with Crippen LogP contribution in [0.3, 0.4) is 0 Å². The van der Waals surface area contributed by atoms with Crippen molar-refractivity contribution in [2.75, 3.05) is 19.5 Å². The van der Waals surface area contributed by atoms with Crippen LogP contribution in [0.5, 0.6) is 0 Å². The molecule has 0 bridgehead atoms. The van der Waals surface area contributed by atoms with Crippen LogP contribution in [0.25, 0.3) is 16.7 Å². The number of aromatic nitrogens is 4. The van der Waals surface area contributed by atoms with Crippen LogP contribution in [0.2, 0.25) is 0 Å². The molecule has 2 heterocycles. The van der Waals surface area contributed by atoms with Gasteiger partial charge < -0.3 is 4.74 Å². The lowest BCUT2D eigenvalue weighted by molar-refractivity contribution is 0.190. The van der Waals surface area contributed by atoms with Gasteiger partial charge >= 0.3 is 0 Å². The maximum Gasteiger partial charge on any atom is 0.262 e. The van der Waals surface area contributed by atoms with Crippen LogP contribution in [-0.4, -0.2) is 38.6 Å². The Morgan fingerprint density at radius 2 is 1.79 bits per heavy atom. The van der Waals surface area contributed by atoms with Gasteiger partial charge in [-0.3, -0.25) is 13.8 Å². The lowest BCUT2D eigenvalue weighted by atomic mass is 10.1. The normalized spacial score (nSPS) is 11.5. The number of hydrogen-bond donors (Lipinski definition) is 0. The highest BCUT2D eigenvalue weighted by Gasteiger charge is 2.16. The van der Waals surface area contributed by atoms with E-state index in [1.807, 2.05) is 34.7 Å². The van der Waals surface area contributed by atoms with E-state index in [1.54, 1.807) is 23.4 Å². The standard InChI is InChI=1S/C22H24N4O2S/c1-28-15-8-14-25-20(27)18-12-5-6-13-19(18)26-21(25)23-24-22(26)29-16-7-11-17-9-3-2-4-10-17/h2-6,9-10,12-13H,7-8,11,14-16H2,1H3. The van der Waals surface area contributed by atoms with E-state index >= 15 is 0 Å². The predicted octanol–water partition coefficient (Wildman–Crippen LogP) is 3.81. The van der Waals surface area contributed by atoms with Gasteiger partial charge in [-0.1, -0.05) is 54.2 Å². The van der Waals surface area contributed by atoms with Gasteiger partial charge in [-0.25, -0.2) is 0 Å². The zero-order valence-electron chi connectivity index (χ0n) is 16.5. The highest BCUT2D eigenvalue weighted by molar-refractivity contribution is 7.99. The molecule has 7 heteroatoms. The second-order valence-corrected chi connectivity index (χ2v) is 7.94. The van der Waals surface area contributed by atoms with Gasteiger partial charge in [0.1, 0.15) is 0 Å². The number of fused-ring (bicyclic) bond motifs is 3. The molecule has 2 aromatic heterocycles. The molecule has 0 saturated heterocycles. The van der Waals surface area contributed by atoms with Crippen LogP contribution in [-0.2, 0) is 17.7 Å². The SMILES string of the molecule is COCCCn1c(=O)c2ccccc2n2c(SCCCc3ccccc3)nnc12. The monoisotopic (exact) mass is 408 g/mol. The number of thioether (sulfide) groups is 1. The Labute approximate surface area is 173 Å². The average molecular weight is 409 g/mol. The van der Waals surface area contributed by atoms with Gasteiger partial charge in [0.15, 0.2) is 5.16 Å². The van der Waals surface area contributed by atoms with Crippen LogP contribution in [0.15, 0.2) is 64.5 Å². The van der Waals surface area contributed by atoms with Gasteiger partial charge in [0.25, 0.3) is 5.56 Å². The van der Waals surface area contributed by atoms with Gasteiger partial charge in [0, 0.05) is 26.0 Å². The number of hydrogen-bond acceptors (Lipinski definition) is 5. The summed E-state index contributed by atoms with van der Waals surface area (Å²) in [6, 6.07) is 18.2. The molecule has 150 valence electrons. The molecular weight excluding hydrogens is 384 g/mol. The molecule has 0 amide bonds. The summed E-state index contributed by atoms with van der Waals surface area (Å²) in [5, 5.41) is 10.3. The molecule has 0 aliphatic rings. The minimum Gasteiger partial charge on any atom is -0.385 e. The summed E-state index contributed by atoms with van der Waals surface area (Å²) in [5.74, 6) is 1.53. The van der Waals surface area contributed by atoms with E-state index in [2.05, 4.69) is 34.5 Å². The third-order valence-corrected chi connectivity index (χ3v) is 5.91. The fraction of sp³-hybridized carbons (Fsp3) is 0.318. The van der Waals surface area contributed by atoms with Crippen molar-refractivity contribution in [3.63, 3.8) is 0 Å². The van der Waals surface area contributed by atoms with Crippen LogP contribution in [0.4, 0.5) is 0 Å². The van der Waals surface area contributed by atoms with Crippen molar-refractivity contribution in [2.45, 2.75) is 31.0 Å². The lowest BCUT2D eigenvalue weighted by Crippen LogP contribution is -2.24. The van der Waals surface area contributed by atoms with Crippen LogP contribution >= 0.6 is 11.8 Å². The van der Waals surface area contributed by atoms with E-state index in [0.717, 1.165) is 35.7 Å². The first-order chi connectivity index (χ1) is 14.3. The maximum atomic E-state index is 13.0. The number of methoxy groups -OCH3 is 1. The van der Waals surface area contributed by atoms with Gasteiger partial charge in [-0.05, 0) is 37.0 Å². The highest BCUT2D eigenvalue weighted by Crippen LogP contribution is 2.22. The Kier molecular flexibility index (Phi) is 6.27. The third-order valence-electron chi connectivity index (χ3n) is 4.89. The molecule has 0 aliphatic heterocycles. The summed E-state index contributed by atoms with van der Waals surface area (Å²) >= 11 is 1.68. The van der Waals surface area contributed by atoms with Crippen molar-refractivity contribution < 1.29 is 4.74 Å². The first kappa shape index (κ1) is 19.7. The molecular formula is C22H24N4O2S. The quantitative estimate of drug-likeness (QED) is 0.311. The molecule has 29 heavy (non-hydrogen) atoms. The van der Waals surface area contributed by atoms with Crippen molar-refractivity contribution in [1.29, 1.82) is 0 Å². The van der Waals surface area contributed by atoms with Crippen LogP contribution < -0.4 is 5.56 Å². The fourth-order valence-corrected chi connectivity index (χ4v) is 4.36. The Balaban J connectivity index is 1.62. The Morgan fingerprint density at radius 3 is 2.62 bits per heavy atom. The number of rotatable bonds is 9. The molecule has 2 aromatic carbocycles. The number of nitrogens with zero attached hydrogens (tertiary/aromatic N) is 4. The Morgan fingerprint density at radius 1 is 1.00 bits per heavy atom. The minimum atomic E-state index is -0.0303. The zero-order valence-corrected chi connectivity index (χ0v) is 17.3. The molecule has 0 saturated carbocycles. The van der Waals surface area contributed by atoms with Crippen molar-refractivity contribution >= 4 is 28.4 Å². The summed E-state index contributed by atoms with van der Waals surface area (Å²) in [6.45, 7) is 1.15. The Hall–Kier alpha value is -2.64. The minimum absolute atomic E-state index is 0.0303. The molecule has 0 fully saturated rings. The van der Waals surface area contributed by atoms with Crippen molar-refractivity contribution in [3.05, 3.63) is 70.5 Å². The Bertz CT molecular complexity index is 1150. The van der Waals surface area contributed by atoms with Gasteiger partial charge in [0.2, 0.25) is 5.78 Å². The number of benzene rings is 2. The first-order valence-corrected chi connectivity index (χ1v) is 10.8. The lowest BCUT2D eigenvalue weighted by Gasteiger charge is -2.11. The zero-order chi connectivity index (χ0) is 20.1. The molecule has 0 radical (unpaired) electrons. The smallest absolute Gasteiger partial charge is 0.262 e. The molecule has 0 spiro atoms. The molecule has 0 N–H and O–H groups in total. The number of para-hydroxylation sites is 1. The van der Waals surface area contributed by atoms with Gasteiger partial charge in [0.05, 0.1) is 10.9 Å². The maximum absolute atomic E-state index is 13.0. The fourth-order valence-electron chi connectivity index (χ4n) is 3.48. The summed E-state index contributed by atoms with van der Waals surface area (Å²) in [5.41, 5.74) is 2.17. The molecule has 4 aromatic rings. The molecule has 6 nitrogen and oxygen atoms in total. The van der Waals surface area contributed by atoms with E-state index in [-0.39, 0.29) is 5.56 Å². The third kappa shape index (κ3) is 4.21. The number of ether oxygens (including phenoxy) is 1. The molecule has 4 rings (SSSR count). The average Bonchev–Trinajstić information content (AvgIpc) is 3.18. The summed E-state index contributed by atoms with van der Waals surface area (Å²) in [6.07, 6.45) is 2.83. The largest absolute Gasteiger partial charge is 0.385 e. The van der Waals surface area contributed by atoms with Gasteiger partial charge in [-0.2, -0.15) is 0 Å². The van der Waals surface area contributed by atoms with E-state index < -0.39 is 0 Å². The number of aryl methyl sites for hydroxylation is 2. The second-order valence-electron chi connectivity index (χ2n) is 6.88. The van der Waals surface area contributed by atoms with E-state index in [0.29, 0.717) is 24.3 Å². The summed E-state index contributed by atoms with van der Waals surface area (Å²) < 4.78 is 8.87. The van der Waals surface area contributed by atoms with Crippen LogP contribution in [0.1, 0.15) is 18.4 Å². The van der Waals surface area contributed by atoms with Crippen molar-refractivity contribution in [2.24, 2.45) is 0 Å². The van der Waals surface area contributed by atoms with E-state index in [9.17, 15) is 4.79 Å². The topological polar surface area (TPSA) is 61.4 Å². The summed E-state index contributed by atoms with van der Waals surface area (Å²) in [7, 11) is 1.67. The second kappa shape index (κ2) is 9.24. The van der Waals surface area contributed by atoms with Crippen LogP contribution in [0, 0.1) is 0 Å². The van der Waals surface area contributed by atoms with E-state index in [1.165, 1.54) is 5.56 Å². The van der Waals surface area contributed by atoms with Crippen molar-refractivity contribution in [1.82, 2.24) is 19.2 Å². The summed E-state index contributed by atoms with van der Waals surface area (Å²) in [4.78, 5) is 13.0. The molecule has 0 aliphatic carbocycles. The first-order valence-electron chi connectivity index (χ1n) is 9.82. The van der Waals surface area contributed by atoms with Gasteiger partial charge in [-0.15, -0.1) is 10.2 Å². The molecule has 0 unspecified atom stereocenters. The predicted molar refractivity (Wildman–Crippen MR) is 117 cm³/mol. The van der Waals surface area contributed by atoms with Crippen molar-refractivity contribution in [3.8, 4) is 0 Å². The highest BCUT2D eigenvalue weighted by atomic mass is 32.2. The van der Waals surface area contributed by atoms with E-state index in [4.69, 9.17) is 4.74 Å². The molecule has 0 atom stereocenters.